The van der Waals surface area contributed by atoms with Crippen LogP contribution in [0.25, 0.3) is 10.9 Å². The number of amides is 1. The SMILES string of the molecule is CC[C@@H]1C[C@]23CNC(=O)CCCCCCc4cc(NCC5CCCCC5)cc5c(C(C)=O)nn(c45)CCN1[C@@H]2C3. The lowest BCUT2D eigenvalue weighted by Gasteiger charge is -2.26. The Bertz CT molecular complexity index is 1230. The number of aryl methyl sites for hydroxylation is 1. The van der Waals surface area contributed by atoms with Gasteiger partial charge in [0.05, 0.1) is 12.1 Å². The molecule has 2 aromatic rings. The van der Waals surface area contributed by atoms with Gasteiger partial charge < -0.3 is 10.6 Å². The predicted octanol–water partition coefficient (Wildman–Crippen LogP) is 6.10. The standard InChI is InChI=1S/C33H49N5O2/c1-3-27-19-33-20-29(33)37(27)15-16-38-32-25(13-9-4-5-10-14-30(40)35-22-33)17-26(18-28(32)31(36-38)23(2)39)34-21-24-11-7-6-8-12-24/h17-18,24,27,29,34H,3-16,19-22H2,1-2H3,(H,35,40)/t27-,29-,33+/m1/s1. The second-order valence-electron chi connectivity index (χ2n) is 13.3. The topological polar surface area (TPSA) is 79.3 Å². The van der Waals surface area contributed by atoms with Gasteiger partial charge in [-0.2, -0.15) is 5.10 Å². The molecule has 2 bridgehead atoms. The Morgan fingerprint density at radius 3 is 2.60 bits per heavy atom. The van der Waals surface area contributed by atoms with E-state index in [1.165, 1.54) is 50.5 Å². The fourth-order valence-corrected chi connectivity index (χ4v) is 8.14. The smallest absolute Gasteiger partial charge is 0.220 e. The van der Waals surface area contributed by atoms with Gasteiger partial charge in [-0.25, -0.2) is 0 Å². The summed E-state index contributed by atoms with van der Waals surface area (Å²) in [5.74, 6) is 1.02. The largest absolute Gasteiger partial charge is 0.385 e. The average molecular weight is 548 g/mol. The first-order valence-corrected chi connectivity index (χ1v) is 16.3. The van der Waals surface area contributed by atoms with Gasteiger partial charge in [0.15, 0.2) is 5.78 Å². The highest BCUT2D eigenvalue weighted by Crippen LogP contribution is 2.59. The van der Waals surface area contributed by atoms with Crippen LogP contribution in [0.4, 0.5) is 5.69 Å². The Morgan fingerprint density at radius 1 is 1.05 bits per heavy atom. The minimum atomic E-state index is 0.0471. The van der Waals surface area contributed by atoms with Crippen molar-refractivity contribution >= 4 is 28.3 Å². The number of Topliss-reactive ketones (excluding diaryl/α,β-unsaturated/α-hetero) is 1. The first-order chi connectivity index (χ1) is 19.5. The molecule has 1 aromatic heterocycles. The van der Waals surface area contributed by atoms with Crippen molar-refractivity contribution in [3.63, 3.8) is 0 Å². The molecule has 218 valence electrons. The van der Waals surface area contributed by atoms with E-state index in [1.807, 2.05) is 0 Å². The van der Waals surface area contributed by atoms with Crippen LogP contribution >= 0.6 is 0 Å². The van der Waals surface area contributed by atoms with Crippen molar-refractivity contribution in [2.45, 2.75) is 122 Å². The van der Waals surface area contributed by atoms with Crippen molar-refractivity contribution in [1.29, 1.82) is 0 Å². The van der Waals surface area contributed by atoms with Gasteiger partial charge in [-0.1, -0.05) is 39.0 Å². The fraction of sp³-hybridized carbons (Fsp3) is 0.727. The van der Waals surface area contributed by atoms with Gasteiger partial charge in [-0.05, 0) is 75.0 Å². The molecule has 1 saturated heterocycles. The summed E-state index contributed by atoms with van der Waals surface area (Å²) in [4.78, 5) is 28.1. The van der Waals surface area contributed by atoms with Gasteiger partial charge in [-0.15, -0.1) is 0 Å². The Balaban J connectivity index is 1.31. The maximum atomic E-state index is 12.8. The molecular formula is C33H49N5O2. The van der Waals surface area contributed by atoms with E-state index in [-0.39, 0.29) is 17.1 Å². The van der Waals surface area contributed by atoms with E-state index in [9.17, 15) is 9.59 Å². The molecule has 2 N–H and O–H groups in total. The van der Waals surface area contributed by atoms with Crippen molar-refractivity contribution in [1.82, 2.24) is 20.0 Å². The Hall–Kier alpha value is -2.41. The fourth-order valence-electron chi connectivity index (χ4n) is 8.14. The number of hydrogen-bond donors (Lipinski definition) is 2. The molecule has 0 radical (unpaired) electrons. The molecule has 0 spiro atoms. The van der Waals surface area contributed by atoms with Gasteiger partial charge in [-0.3, -0.25) is 19.2 Å². The zero-order valence-electron chi connectivity index (χ0n) is 24.8. The number of nitrogens with zero attached hydrogens (tertiary/aromatic N) is 3. The lowest BCUT2D eigenvalue weighted by molar-refractivity contribution is -0.121. The zero-order valence-corrected chi connectivity index (χ0v) is 24.8. The second-order valence-corrected chi connectivity index (χ2v) is 13.3. The lowest BCUT2D eigenvalue weighted by atomic mass is 9.89. The summed E-state index contributed by atoms with van der Waals surface area (Å²) in [6, 6.07) is 5.64. The highest BCUT2D eigenvalue weighted by molar-refractivity contribution is 6.06. The molecule has 3 fully saturated rings. The summed E-state index contributed by atoms with van der Waals surface area (Å²) in [6.07, 6.45) is 16.0. The number of rotatable bonds is 5. The number of ketones is 1. The number of hydrogen-bond acceptors (Lipinski definition) is 5. The van der Waals surface area contributed by atoms with E-state index in [2.05, 4.69) is 39.3 Å². The molecule has 4 atom stereocenters. The van der Waals surface area contributed by atoms with E-state index in [4.69, 9.17) is 5.10 Å². The van der Waals surface area contributed by atoms with E-state index in [0.717, 1.165) is 87.2 Å². The van der Waals surface area contributed by atoms with Crippen LogP contribution in [0.3, 0.4) is 0 Å². The highest BCUT2D eigenvalue weighted by atomic mass is 16.1. The van der Waals surface area contributed by atoms with E-state index in [0.29, 0.717) is 24.2 Å². The Morgan fingerprint density at radius 2 is 1.82 bits per heavy atom. The second kappa shape index (κ2) is 11.8. The third-order valence-electron chi connectivity index (χ3n) is 10.5. The summed E-state index contributed by atoms with van der Waals surface area (Å²) in [5, 5.41) is 13.0. The third kappa shape index (κ3) is 5.68. The minimum Gasteiger partial charge on any atom is -0.385 e. The molecule has 3 heterocycles. The monoisotopic (exact) mass is 547 g/mol. The number of carbonyl (C=O) groups excluding carboxylic acids is 2. The van der Waals surface area contributed by atoms with E-state index < -0.39 is 0 Å². The molecule has 4 aliphatic rings. The minimum absolute atomic E-state index is 0.0471. The van der Waals surface area contributed by atoms with Crippen LogP contribution in [0.1, 0.15) is 113 Å². The van der Waals surface area contributed by atoms with Crippen LogP contribution in [0.2, 0.25) is 0 Å². The average Bonchev–Trinajstić information content (AvgIpc) is 3.40. The maximum absolute atomic E-state index is 12.8. The zero-order chi connectivity index (χ0) is 27.7. The molecule has 2 aliphatic carbocycles. The van der Waals surface area contributed by atoms with Crippen LogP contribution in [-0.2, 0) is 17.8 Å². The van der Waals surface area contributed by atoms with Crippen molar-refractivity contribution in [3.8, 4) is 0 Å². The normalized spacial score (nSPS) is 29.9. The Labute approximate surface area is 239 Å². The molecule has 7 nitrogen and oxygen atoms in total. The van der Waals surface area contributed by atoms with Crippen LogP contribution < -0.4 is 10.6 Å². The van der Waals surface area contributed by atoms with E-state index >= 15 is 0 Å². The third-order valence-corrected chi connectivity index (χ3v) is 10.5. The number of anilines is 1. The molecule has 7 heteroatoms. The number of nitrogens with one attached hydrogen (secondary N) is 2. The summed E-state index contributed by atoms with van der Waals surface area (Å²) >= 11 is 0. The summed E-state index contributed by atoms with van der Waals surface area (Å²) in [6.45, 7) is 7.51. The van der Waals surface area contributed by atoms with Crippen molar-refractivity contribution in [2.75, 3.05) is 25.0 Å². The van der Waals surface area contributed by atoms with Gasteiger partial charge in [0, 0.05) is 61.6 Å². The van der Waals surface area contributed by atoms with Crippen LogP contribution in [0.15, 0.2) is 12.1 Å². The van der Waals surface area contributed by atoms with Crippen molar-refractivity contribution < 1.29 is 9.59 Å². The van der Waals surface area contributed by atoms with Crippen LogP contribution in [-0.4, -0.2) is 58.1 Å². The molecule has 1 aromatic carbocycles. The predicted molar refractivity (Wildman–Crippen MR) is 161 cm³/mol. The molecule has 1 amide bonds. The quantitative estimate of drug-likeness (QED) is 0.443. The number of carbonyl (C=O) groups is 2. The van der Waals surface area contributed by atoms with Gasteiger partial charge >= 0.3 is 0 Å². The van der Waals surface area contributed by atoms with Gasteiger partial charge in [0.2, 0.25) is 5.91 Å². The van der Waals surface area contributed by atoms with Crippen LogP contribution in [0.5, 0.6) is 0 Å². The van der Waals surface area contributed by atoms with E-state index in [1.54, 1.807) is 6.92 Å². The van der Waals surface area contributed by atoms with Gasteiger partial charge in [0.1, 0.15) is 5.69 Å². The Kier molecular flexibility index (Phi) is 8.21. The van der Waals surface area contributed by atoms with Crippen molar-refractivity contribution in [3.05, 3.63) is 23.4 Å². The van der Waals surface area contributed by atoms with Crippen LogP contribution in [0, 0.1) is 11.3 Å². The van der Waals surface area contributed by atoms with Crippen molar-refractivity contribution in [2.24, 2.45) is 11.3 Å². The van der Waals surface area contributed by atoms with Gasteiger partial charge in [0.25, 0.3) is 0 Å². The number of aromatic nitrogens is 2. The molecule has 1 unspecified atom stereocenters. The summed E-state index contributed by atoms with van der Waals surface area (Å²) < 4.78 is 2.15. The molecular weight excluding hydrogens is 498 g/mol. The number of benzene rings is 1. The first-order valence-electron chi connectivity index (χ1n) is 16.3. The summed E-state index contributed by atoms with van der Waals surface area (Å²) in [7, 11) is 0. The molecule has 2 aliphatic heterocycles. The maximum Gasteiger partial charge on any atom is 0.220 e. The molecule has 6 rings (SSSR count). The molecule has 2 saturated carbocycles. The number of piperidine rings is 1. The lowest BCUT2D eigenvalue weighted by Crippen LogP contribution is -2.35. The summed E-state index contributed by atoms with van der Waals surface area (Å²) in [5.41, 5.74) is 4.46. The highest BCUT2D eigenvalue weighted by Gasteiger charge is 2.63. The molecule has 40 heavy (non-hydrogen) atoms. The first kappa shape index (κ1) is 27.7.